The fourth-order valence-electron chi connectivity index (χ4n) is 1.84. The zero-order chi connectivity index (χ0) is 15.6. The van der Waals surface area contributed by atoms with Gasteiger partial charge in [0, 0.05) is 16.8 Å². The van der Waals surface area contributed by atoms with E-state index < -0.39 is 20.9 Å². The van der Waals surface area contributed by atoms with Gasteiger partial charge in [-0.15, -0.1) is 0 Å². The summed E-state index contributed by atoms with van der Waals surface area (Å²) in [6.45, 7) is -0.486. The second-order valence-electron chi connectivity index (χ2n) is 4.14. The highest BCUT2D eigenvalue weighted by molar-refractivity contribution is 8.13. The van der Waals surface area contributed by atoms with Gasteiger partial charge in [-0.1, -0.05) is 12.1 Å². The van der Waals surface area contributed by atoms with E-state index in [1.54, 1.807) is 6.07 Å². The smallest absolute Gasteiger partial charge is 0.277 e. The van der Waals surface area contributed by atoms with Crippen LogP contribution < -0.4 is 5.32 Å². The number of anilines is 1. The highest BCUT2D eigenvalue weighted by Crippen LogP contribution is 2.26. The Hall–Kier alpha value is -1.90. The van der Waals surface area contributed by atoms with Crippen molar-refractivity contribution in [3.63, 3.8) is 0 Å². The van der Waals surface area contributed by atoms with Gasteiger partial charge in [-0.3, -0.25) is 14.5 Å². The summed E-state index contributed by atoms with van der Waals surface area (Å²) in [6, 6.07) is 5.73. The molecule has 2 rings (SSSR count). The third-order valence-electron chi connectivity index (χ3n) is 2.75. The molecule has 1 heterocycles. The van der Waals surface area contributed by atoms with Crippen molar-refractivity contribution in [1.29, 1.82) is 0 Å². The van der Waals surface area contributed by atoms with Gasteiger partial charge < -0.3 is 10.4 Å². The number of β-amino-alcohol motifs (C(OH)–C–C–N with tert-alkyl or cyclic N) is 1. The van der Waals surface area contributed by atoms with Gasteiger partial charge in [-0.2, -0.15) is 0 Å². The number of halogens is 1. The third-order valence-corrected chi connectivity index (χ3v) is 4.13. The number of para-hydroxylation sites is 1. The van der Waals surface area contributed by atoms with E-state index in [-0.39, 0.29) is 29.4 Å². The van der Waals surface area contributed by atoms with Crippen molar-refractivity contribution in [3.8, 4) is 0 Å². The van der Waals surface area contributed by atoms with Crippen LogP contribution in [0.5, 0.6) is 0 Å². The molecule has 0 atom stereocenters. The minimum Gasteiger partial charge on any atom is -0.395 e. The molecule has 0 aromatic heterocycles. The Bertz CT molecular complexity index is 729. The van der Waals surface area contributed by atoms with E-state index in [1.165, 1.54) is 18.2 Å². The Morgan fingerprint density at radius 1 is 1.24 bits per heavy atom. The van der Waals surface area contributed by atoms with Crippen molar-refractivity contribution in [2.75, 3.05) is 18.5 Å². The Morgan fingerprint density at radius 3 is 2.52 bits per heavy atom. The summed E-state index contributed by atoms with van der Waals surface area (Å²) in [5.74, 6) is -1.22. The Labute approximate surface area is 125 Å². The van der Waals surface area contributed by atoms with Crippen LogP contribution in [-0.2, 0) is 18.6 Å². The number of benzene rings is 1. The molecule has 0 saturated carbocycles. The van der Waals surface area contributed by atoms with E-state index in [1.807, 2.05) is 0 Å². The lowest BCUT2D eigenvalue weighted by Crippen LogP contribution is -2.34. The molecule has 112 valence electrons. The normalized spacial score (nSPS) is 15.3. The molecule has 0 spiro atoms. The number of hydrogen-bond donors (Lipinski definition) is 2. The van der Waals surface area contributed by atoms with E-state index in [0.717, 1.165) is 11.0 Å². The summed E-state index contributed by atoms with van der Waals surface area (Å²) in [5.41, 5.74) is 0.00645. The van der Waals surface area contributed by atoms with E-state index in [4.69, 9.17) is 15.8 Å². The summed E-state index contributed by atoms with van der Waals surface area (Å²) in [5, 5.41) is 11.4. The quantitative estimate of drug-likeness (QED) is 0.593. The molecule has 0 bridgehead atoms. The number of carbonyl (C=O) groups excluding carboxylic acids is 2. The number of rotatable bonds is 5. The molecule has 1 aliphatic heterocycles. The zero-order valence-electron chi connectivity index (χ0n) is 10.6. The zero-order valence-corrected chi connectivity index (χ0v) is 12.2. The minimum absolute atomic E-state index is 0.0822. The molecular weight excluding hydrogens is 320 g/mol. The van der Waals surface area contributed by atoms with Crippen molar-refractivity contribution in [2.45, 2.75) is 4.90 Å². The molecule has 0 radical (unpaired) electrons. The average Bonchev–Trinajstić information content (AvgIpc) is 2.66. The molecule has 21 heavy (non-hydrogen) atoms. The van der Waals surface area contributed by atoms with Crippen LogP contribution in [-0.4, -0.2) is 43.4 Å². The molecule has 1 aromatic carbocycles. The number of imide groups is 1. The maximum Gasteiger partial charge on any atom is 0.277 e. The molecule has 1 aliphatic rings. The van der Waals surface area contributed by atoms with E-state index in [2.05, 4.69) is 5.32 Å². The first kappa shape index (κ1) is 15.5. The predicted molar refractivity (Wildman–Crippen MR) is 75.0 cm³/mol. The van der Waals surface area contributed by atoms with Crippen LogP contribution in [0.1, 0.15) is 0 Å². The summed E-state index contributed by atoms with van der Waals surface area (Å²) in [4.78, 5) is 24.2. The highest BCUT2D eigenvalue weighted by atomic mass is 35.7. The molecule has 0 aliphatic carbocycles. The Morgan fingerprint density at radius 2 is 1.90 bits per heavy atom. The third kappa shape index (κ3) is 3.23. The van der Waals surface area contributed by atoms with Gasteiger partial charge in [0.15, 0.2) is 0 Å². The molecule has 0 unspecified atom stereocenters. The van der Waals surface area contributed by atoms with Crippen LogP contribution in [0.25, 0.3) is 0 Å². The van der Waals surface area contributed by atoms with Crippen molar-refractivity contribution in [2.24, 2.45) is 0 Å². The van der Waals surface area contributed by atoms with Crippen LogP contribution in [0.4, 0.5) is 5.69 Å². The number of aliphatic hydroxyl groups excluding tert-OH is 1. The van der Waals surface area contributed by atoms with Gasteiger partial charge in [-0.25, -0.2) is 8.42 Å². The lowest BCUT2D eigenvalue weighted by Gasteiger charge is -2.14. The SMILES string of the molecule is O=C1C=C(Nc2ccccc2S(=O)(=O)Cl)C(=O)N1CCO. The fourth-order valence-corrected chi connectivity index (χ4v) is 2.86. The first-order valence-corrected chi connectivity index (χ1v) is 8.14. The van der Waals surface area contributed by atoms with Crippen LogP contribution in [0.15, 0.2) is 40.9 Å². The molecule has 2 N–H and O–H groups in total. The molecule has 1 aromatic rings. The summed E-state index contributed by atoms with van der Waals surface area (Å²) in [7, 11) is 1.31. The van der Waals surface area contributed by atoms with Crippen molar-refractivity contribution in [3.05, 3.63) is 36.0 Å². The van der Waals surface area contributed by atoms with Gasteiger partial charge in [-0.05, 0) is 12.1 Å². The maximum absolute atomic E-state index is 12.0. The summed E-state index contributed by atoms with van der Waals surface area (Å²) in [6.07, 6.45) is 1.04. The molecule has 0 saturated heterocycles. The lowest BCUT2D eigenvalue weighted by atomic mass is 10.3. The average molecular weight is 331 g/mol. The molecule has 2 amide bonds. The van der Waals surface area contributed by atoms with E-state index in [9.17, 15) is 18.0 Å². The number of amides is 2. The molecule has 7 nitrogen and oxygen atoms in total. The first-order valence-electron chi connectivity index (χ1n) is 5.83. The minimum atomic E-state index is -4.00. The first-order chi connectivity index (χ1) is 9.84. The van der Waals surface area contributed by atoms with Crippen LogP contribution in [0, 0.1) is 0 Å². The number of carbonyl (C=O) groups is 2. The second kappa shape index (κ2) is 5.84. The van der Waals surface area contributed by atoms with Crippen LogP contribution in [0.2, 0.25) is 0 Å². The number of nitrogens with zero attached hydrogens (tertiary/aromatic N) is 1. The molecule has 9 heteroatoms. The fraction of sp³-hybridized carbons (Fsp3) is 0.167. The van der Waals surface area contributed by atoms with Gasteiger partial charge in [0.25, 0.3) is 20.9 Å². The van der Waals surface area contributed by atoms with Crippen molar-refractivity contribution in [1.82, 2.24) is 4.90 Å². The summed E-state index contributed by atoms with van der Waals surface area (Å²) < 4.78 is 22.9. The van der Waals surface area contributed by atoms with Gasteiger partial charge in [0.1, 0.15) is 10.6 Å². The monoisotopic (exact) mass is 330 g/mol. The van der Waals surface area contributed by atoms with Crippen LogP contribution in [0.3, 0.4) is 0 Å². The second-order valence-corrected chi connectivity index (χ2v) is 6.67. The Kier molecular flexibility index (Phi) is 4.31. The van der Waals surface area contributed by atoms with Crippen LogP contribution >= 0.6 is 10.7 Å². The van der Waals surface area contributed by atoms with Gasteiger partial charge in [0.2, 0.25) is 0 Å². The van der Waals surface area contributed by atoms with E-state index in [0.29, 0.717) is 0 Å². The summed E-state index contributed by atoms with van der Waals surface area (Å²) >= 11 is 0. The Balaban J connectivity index is 2.31. The topological polar surface area (TPSA) is 104 Å². The lowest BCUT2D eigenvalue weighted by molar-refractivity contribution is -0.137. The maximum atomic E-state index is 12.0. The molecular formula is C12H11ClN2O5S. The standard InChI is InChI=1S/C12H11ClN2O5S/c13-21(19,20)10-4-2-1-3-8(10)14-9-7-11(17)15(5-6-16)12(9)18/h1-4,7,14,16H,5-6H2. The number of nitrogens with one attached hydrogen (secondary N) is 1. The van der Waals surface area contributed by atoms with Crippen molar-refractivity contribution >= 4 is 37.2 Å². The number of hydrogen-bond acceptors (Lipinski definition) is 6. The van der Waals surface area contributed by atoms with E-state index >= 15 is 0 Å². The number of aliphatic hydroxyl groups is 1. The molecule has 0 fully saturated rings. The van der Waals surface area contributed by atoms with Crippen molar-refractivity contribution < 1.29 is 23.1 Å². The predicted octanol–water partition coefficient (Wildman–Crippen LogP) is 0.271. The van der Waals surface area contributed by atoms with Gasteiger partial charge in [0.05, 0.1) is 18.8 Å². The van der Waals surface area contributed by atoms with Gasteiger partial charge >= 0.3 is 0 Å². The highest BCUT2D eigenvalue weighted by Gasteiger charge is 2.31. The largest absolute Gasteiger partial charge is 0.395 e.